The number of rotatable bonds is 7. The van der Waals surface area contributed by atoms with Gasteiger partial charge in [-0.1, -0.05) is 32.8 Å². The molecule has 4 heteroatoms. The third-order valence-electron chi connectivity index (χ3n) is 3.76. The predicted octanol–water partition coefficient (Wildman–Crippen LogP) is 5.17. The highest BCUT2D eigenvalue weighted by Crippen LogP contribution is 2.30. The van der Waals surface area contributed by atoms with Gasteiger partial charge < -0.3 is 9.30 Å². The maximum atomic E-state index is 6.31. The Hall–Kier alpha value is -1.22. The number of unbranched alkanes of at least 4 members (excludes halogenated alkanes) is 1. The fraction of sp³-hybridized carbons (Fsp3) is 0.588. The summed E-state index contributed by atoms with van der Waals surface area (Å²) < 4.78 is 7.66. The maximum Gasteiger partial charge on any atom is 0.146 e. The van der Waals surface area contributed by atoms with E-state index in [4.69, 9.17) is 21.3 Å². The molecule has 0 N–H and O–H groups in total. The first-order valence-electron chi connectivity index (χ1n) is 7.71. The van der Waals surface area contributed by atoms with Crippen molar-refractivity contribution >= 4 is 22.6 Å². The van der Waals surface area contributed by atoms with E-state index in [2.05, 4.69) is 24.5 Å². The van der Waals surface area contributed by atoms with E-state index in [1.807, 2.05) is 19.1 Å². The Morgan fingerprint density at radius 2 is 2.00 bits per heavy atom. The number of methoxy groups -OCH3 is 1. The lowest BCUT2D eigenvalue weighted by atomic mass is 10.1. The highest BCUT2D eigenvalue weighted by molar-refractivity contribution is 6.20. The van der Waals surface area contributed by atoms with Crippen LogP contribution in [0.4, 0.5) is 0 Å². The van der Waals surface area contributed by atoms with Crippen molar-refractivity contribution in [3.8, 4) is 5.75 Å². The largest absolute Gasteiger partial charge is 0.494 e. The summed E-state index contributed by atoms with van der Waals surface area (Å²) in [6, 6.07) is 6.05. The van der Waals surface area contributed by atoms with Gasteiger partial charge in [-0.3, -0.25) is 0 Å². The molecule has 3 nitrogen and oxygen atoms in total. The number of para-hydroxylation sites is 1. The SMILES string of the molecule is COc1cccc2c1nc(C(C)Cl)n2CCCCC(C)C. The summed E-state index contributed by atoms with van der Waals surface area (Å²) in [5.41, 5.74) is 2.02. The van der Waals surface area contributed by atoms with E-state index in [1.54, 1.807) is 7.11 Å². The predicted molar refractivity (Wildman–Crippen MR) is 89.2 cm³/mol. The van der Waals surface area contributed by atoms with E-state index in [1.165, 1.54) is 12.8 Å². The summed E-state index contributed by atoms with van der Waals surface area (Å²) in [6.07, 6.45) is 3.65. The lowest BCUT2D eigenvalue weighted by molar-refractivity contribution is 0.419. The van der Waals surface area contributed by atoms with Crippen molar-refractivity contribution in [2.75, 3.05) is 7.11 Å². The smallest absolute Gasteiger partial charge is 0.146 e. The minimum Gasteiger partial charge on any atom is -0.494 e. The molecule has 1 unspecified atom stereocenters. The molecule has 0 amide bonds. The molecule has 0 saturated carbocycles. The zero-order valence-corrected chi connectivity index (χ0v) is 14.2. The molecule has 1 atom stereocenters. The van der Waals surface area contributed by atoms with E-state index in [0.29, 0.717) is 0 Å². The van der Waals surface area contributed by atoms with Gasteiger partial charge in [0.2, 0.25) is 0 Å². The van der Waals surface area contributed by atoms with Crippen LogP contribution < -0.4 is 4.74 Å². The van der Waals surface area contributed by atoms with Gasteiger partial charge in [-0.2, -0.15) is 0 Å². The van der Waals surface area contributed by atoms with Crippen LogP contribution in [0.2, 0.25) is 0 Å². The number of aryl methyl sites for hydroxylation is 1. The van der Waals surface area contributed by atoms with Crippen molar-refractivity contribution in [2.45, 2.75) is 52.0 Å². The van der Waals surface area contributed by atoms with Gasteiger partial charge in [-0.15, -0.1) is 11.6 Å². The minimum atomic E-state index is -0.104. The minimum absolute atomic E-state index is 0.104. The number of fused-ring (bicyclic) bond motifs is 1. The molecule has 0 aliphatic carbocycles. The van der Waals surface area contributed by atoms with Crippen molar-refractivity contribution in [1.82, 2.24) is 9.55 Å². The van der Waals surface area contributed by atoms with Crippen molar-refractivity contribution in [3.05, 3.63) is 24.0 Å². The number of hydrogen-bond acceptors (Lipinski definition) is 2. The van der Waals surface area contributed by atoms with E-state index in [-0.39, 0.29) is 5.38 Å². The van der Waals surface area contributed by atoms with Crippen LogP contribution in [0.15, 0.2) is 18.2 Å². The second-order valence-corrected chi connectivity index (χ2v) is 6.61. The number of nitrogens with zero attached hydrogens (tertiary/aromatic N) is 2. The average molecular weight is 309 g/mol. The molecule has 21 heavy (non-hydrogen) atoms. The Labute approximate surface area is 132 Å². The molecule has 1 aromatic heterocycles. The zero-order chi connectivity index (χ0) is 15.4. The molecule has 0 radical (unpaired) electrons. The van der Waals surface area contributed by atoms with Crippen LogP contribution in [0.5, 0.6) is 5.75 Å². The lowest BCUT2D eigenvalue weighted by Crippen LogP contribution is -2.05. The standard InChI is InChI=1S/C17H25ClN2O/c1-12(2)8-5-6-11-20-14-9-7-10-15(21-4)16(14)19-17(20)13(3)18/h7,9-10,12-13H,5-6,8,11H2,1-4H3. The van der Waals surface area contributed by atoms with Crippen LogP contribution in [0.3, 0.4) is 0 Å². The van der Waals surface area contributed by atoms with Crippen molar-refractivity contribution < 1.29 is 4.74 Å². The normalized spacial score (nSPS) is 13.0. The Kier molecular flexibility index (Phi) is 5.51. The summed E-state index contributed by atoms with van der Waals surface area (Å²) in [7, 11) is 1.68. The average Bonchev–Trinajstić information content (AvgIpc) is 2.82. The molecule has 0 fully saturated rings. The van der Waals surface area contributed by atoms with Crippen LogP contribution in [0.25, 0.3) is 11.0 Å². The van der Waals surface area contributed by atoms with Gasteiger partial charge in [-0.25, -0.2) is 4.98 Å². The fourth-order valence-corrected chi connectivity index (χ4v) is 2.83. The van der Waals surface area contributed by atoms with Crippen LogP contribution in [-0.4, -0.2) is 16.7 Å². The third kappa shape index (κ3) is 3.70. The Morgan fingerprint density at radius 1 is 1.24 bits per heavy atom. The van der Waals surface area contributed by atoms with Crippen LogP contribution in [0.1, 0.15) is 51.2 Å². The Bertz CT molecular complexity index is 590. The third-order valence-corrected chi connectivity index (χ3v) is 3.96. The van der Waals surface area contributed by atoms with E-state index in [0.717, 1.165) is 41.5 Å². The van der Waals surface area contributed by atoms with Crippen LogP contribution in [-0.2, 0) is 6.54 Å². The van der Waals surface area contributed by atoms with Gasteiger partial charge in [-0.05, 0) is 31.4 Å². The number of hydrogen-bond donors (Lipinski definition) is 0. The fourth-order valence-electron chi connectivity index (χ4n) is 2.67. The van der Waals surface area contributed by atoms with E-state index < -0.39 is 0 Å². The summed E-state index contributed by atoms with van der Waals surface area (Å²) in [5.74, 6) is 2.50. The number of ether oxygens (including phenoxy) is 1. The number of benzene rings is 1. The van der Waals surface area contributed by atoms with Gasteiger partial charge >= 0.3 is 0 Å². The summed E-state index contributed by atoms with van der Waals surface area (Å²) >= 11 is 6.31. The summed E-state index contributed by atoms with van der Waals surface area (Å²) in [5, 5.41) is -0.104. The first kappa shape index (κ1) is 16.2. The van der Waals surface area contributed by atoms with Gasteiger partial charge in [0.25, 0.3) is 0 Å². The topological polar surface area (TPSA) is 27.1 Å². The van der Waals surface area contributed by atoms with Crippen LogP contribution in [0, 0.1) is 5.92 Å². The molecule has 116 valence electrons. The molecule has 0 bridgehead atoms. The number of halogens is 1. The molecular formula is C17H25ClN2O. The first-order chi connectivity index (χ1) is 10.0. The van der Waals surface area contributed by atoms with Gasteiger partial charge in [0.05, 0.1) is 18.0 Å². The van der Waals surface area contributed by atoms with Crippen LogP contribution >= 0.6 is 11.6 Å². The number of alkyl halides is 1. The molecular weight excluding hydrogens is 284 g/mol. The molecule has 1 heterocycles. The van der Waals surface area contributed by atoms with Crippen molar-refractivity contribution in [1.29, 1.82) is 0 Å². The zero-order valence-electron chi connectivity index (χ0n) is 13.4. The number of aromatic nitrogens is 2. The summed E-state index contributed by atoms with van der Waals surface area (Å²) in [6.45, 7) is 7.47. The second-order valence-electron chi connectivity index (χ2n) is 5.96. The molecule has 0 aliphatic rings. The van der Waals surface area contributed by atoms with Gasteiger partial charge in [0.15, 0.2) is 0 Å². The van der Waals surface area contributed by atoms with Crippen molar-refractivity contribution in [2.24, 2.45) is 5.92 Å². The molecule has 1 aromatic carbocycles. The Morgan fingerprint density at radius 3 is 2.62 bits per heavy atom. The quantitative estimate of drug-likeness (QED) is 0.521. The lowest BCUT2D eigenvalue weighted by Gasteiger charge is -2.11. The highest BCUT2D eigenvalue weighted by Gasteiger charge is 2.17. The first-order valence-corrected chi connectivity index (χ1v) is 8.15. The Balaban J connectivity index is 2.29. The van der Waals surface area contributed by atoms with E-state index >= 15 is 0 Å². The monoisotopic (exact) mass is 308 g/mol. The molecule has 0 spiro atoms. The molecule has 2 aromatic rings. The molecule has 0 aliphatic heterocycles. The second kappa shape index (κ2) is 7.17. The van der Waals surface area contributed by atoms with E-state index in [9.17, 15) is 0 Å². The maximum absolute atomic E-state index is 6.31. The summed E-state index contributed by atoms with van der Waals surface area (Å²) in [4.78, 5) is 4.70. The van der Waals surface area contributed by atoms with Gasteiger partial charge in [0.1, 0.15) is 17.1 Å². The number of imidazole rings is 1. The van der Waals surface area contributed by atoms with Crippen molar-refractivity contribution in [3.63, 3.8) is 0 Å². The highest BCUT2D eigenvalue weighted by atomic mass is 35.5. The molecule has 0 saturated heterocycles. The molecule has 2 rings (SSSR count). The van der Waals surface area contributed by atoms with Gasteiger partial charge in [0, 0.05) is 6.54 Å².